The first-order chi connectivity index (χ1) is 13.0. The molecular formula is C20H17FN4O2. The van der Waals surface area contributed by atoms with Crippen LogP contribution < -0.4 is 16.0 Å². The van der Waals surface area contributed by atoms with Crippen LogP contribution in [0.1, 0.15) is 17.3 Å². The van der Waals surface area contributed by atoms with Gasteiger partial charge in [0.25, 0.3) is 5.91 Å². The Kier molecular flexibility index (Phi) is 5.41. The molecule has 1 aromatic heterocycles. The van der Waals surface area contributed by atoms with Crippen molar-refractivity contribution in [2.45, 2.75) is 6.92 Å². The topological polar surface area (TPSA) is 83.1 Å². The molecule has 0 radical (unpaired) electrons. The first kappa shape index (κ1) is 18.1. The zero-order chi connectivity index (χ0) is 19.2. The van der Waals surface area contributed by atoms with Gasteiger partial charge in [-0.3, -0.25) is 9.59 Å². The van der Waals surface area contributed by atoms with Gasteiger partial charge in [-0.25, -0.2) is 9.37 Å². The molecule has 0 bridgehead atoms. The number of benzene rings is 2. The van der Waals surface area contributed by atoms with Gasteiger partial charge in [-0.05, 0) is 54.6 Å². The van der Waals surface area contributed by atoms with Crippen LogP contribution in [0.4, 0.5) is 27.3 Å². The predicted octanol–water partition coefficient (Wildman–Crippen LogP) is 4.18. The van der Waals surface area contributed by atoms with Gasteiger partial charge in [0.2, 0.25) is 5.91 Å². The number of carbonyl (C=O) groups excluding carboxylic acids is 2. The van der Waals surface area contributed by atoms with Crippen LogP contribution in [0.5, 0.6) is 0 Å². The van der Waals surface area contributed by atoms with Crippen molar-refractivity contribution in [3.05, 3.63) is 78.2 Å². The van der Waals surface area contributed by atoms with E-state index in [-0.39, 0.29) is 17.6 Å². The quantitative estimate of drug-likeness (QED) is 0.634. The Balaban J connectivity index is 1.62. The van der Waals surface area contributed by atoms with Crippen molar-refractivity contribution in [2.75, 3.05) is 16.0 Å². The van der Waals surface area contributed by atoms with E-state index in [9.17, 15) is 14.0 Å². The molecule has 0 aliphatic rings. The molecule has 0 saturated carbocycles. The fourth-order valence-electron chi connectivity index (χ4n) is 2.36. The van der Waals surface area contributed by atoms with Crippen molar-refractivity contribution in [3.63, 3.8) is 0 Å². The molecule has 1 heterocycles. The molecule has 136 valence electrons. The van der Waals surface area contributed by atoms with Crippen molar-refractivity contribution in [2.24, 2.45) is 0 Å². The normalized spacial score (nSPS) is 10.1. The Morgan fingerprint density at radius 2 is 1.59 bits per heavy atom. The van der Waals surface area contributed by atoms with Gasteiger partial charge in [0, 0.05) is 30.2 Å². The number of aromatic nitrogens is 1. The second kappa shape index (κ2) is 8.09. The van der Waals surface area contributed by atoms with E-state index in [1.165, 1.54) is 25.3 Å². The van der Waals surface area contributed by atoms with Crippen LogP contribution in [-0.4, -0.2) is 16.8 Å². The highest BCUT2D eigenvalue weighted by molar-refractivity contribution is 6.04. The van der Waals surface area contributed by atoms with E-state index in [1.807, 2.05) is 0 Å². The number of hydrogen-bond donors (Lipinski definition) is 3. The lowest BCUT2D eigenvalue weighted by Crippen LogP contribution is -2.12. The Morgan fingerprint density at radius 3 is 2.19 bits per heavy atom. The van der Waals surface area contributed by atoms with Gasteiger partial charge >= 0.3 is 0 Å². The highest BCUT2D eigenvalue weighted by Gasteiger charge is 2.07. The van der Waals surface area contributed by atoms with Crippen molar-refractivity contribution in [1.29, 1.82) is 0 Å². The van der Waals surface area contributed by atoms with Crippen LogP contribution in [0.2, 0.25) is 0 Å². The zero-order valence-corrected chi connectivity index (χ0v) is 14.5. The van der Waals surface area contributed by atoms with Gasteiger partial charge in [0.1, 0.15) is 11.6 Å². The predicted molar refractivity (Wildman–Crippen MR) is 103 cm³/mol. The minimum Gasteiger partial charge on any atom is -0.340 e. The molecule has 0 aliphatic carbocycles. The Labute approximate surface area is 155 Å². The summed E-state index contributed by atoms with van der Waals surface area (Å²) in [4.78, 5) is 27.5. The molecule has 0 spiro atoms. The van der Waals surface area contributed by atoms with Crippen molar-refractivity contribution in [1.82, 2.24) is 4.98 Å². The van der Waals surface area contributed by atoms with E-state index in [1.54, 1.807) is 48.5 Å². The fourth-order valence-corrected chi connectivity index (χ4v) is 2.36. The maximum absolute atomic E-state index is 13.2. The SMILES string of the molecule is CC(=O)Nc1ccc(NC(=O)c2ccc(Nc3cccc(F)c3)nc2)cc1. The average molecular weight is 364 g/mol. The number of pyridine rings is 1. The van der Waals surface area contributed by atoms with Crippen LogP contribution in [0, 0.1) is 5.82 Å². The summed E-state index contributed by atoms with van der Waals surface area (Å²) in [6.45, 7) is 1.43. The molecular weight excluding hydrogens is 347 g/mol. The molecule has 2 amide bonds. The molecule has 7 heteroatoms. The molecule has 3 rings (SSSR count). The van der Waals surface area contributed by atoms with E-state index in [2.05, 4.69) is 20.9 Å². The second-order valence-corrected chi connectivity index (χ2v) is 5.78. The Hall–Kier alpha value is -3.74. The van der Waals surface area contributed by atoms with E-state index < -0.39 is 0 Å². The molecule has 0 saturated heterocycles. The molecule has 3 aromatic rings. The highest BCUT2D eigenvalue weighted by Crippen LogP contribution is 2.17. The lowest BCUT2D eigenvalue weighted by atomic mass is 10.2. The van der Waals surface area contributed by atoms with E-state index in [0.717, 1.165) is 0 Å². The number of amides is 2. The van der Waals surface area contributed by atoms with Crippen LogP contribution in [0.15, 0.2) is 66.9 Å². The third kappa shape index (κ3) is 5.12. The number of anilines is 4. The van der Waals surface area contributed by atoms with Gasteiger partial charge in [-0.1, -0.05) is 6.07 Å². The summed E-state index contributed by atoms with van der Waals surface area (Å²) >= 11 is 0. The number of rotatable bonds is 5. The van der Waals surface area contributed by atoms with E-state index in [4.69, 9.17) is 0 Å². The van der Waals surface area contributed by atoms with Crippen LogP contribution in [0.25, 0.3) is 0 Å². The fraction of sp³-hybridized carbons (Fsp3) is 0.0500. The highest BCUT2D eigenvalue weighted by atomic mass is 19.1. The zero-order valence-electron chi connectivity index (χ0n) is 14.5. The van der Waals surface area contributed by atoms with Gasteiger partial charge in [0.05, 0.1) is 5.56 Å². The van der Waals surface area contributed by atoms with Gasteiger partial charge in [-0.15, -0.1) is 0 Å². The summed E-state index contributed by atoms with van der Waals surface area (Å²) in [5.41, 5.74) is 2.19. The van der Waals surface area contributed by atoms with E-state index in [0.29, 0.717) is 28.4 Å². The molecule has 0 fully saturated rings. The van der Waals surface area contributed by atoms with Crippen molar-refractivity contribution in [3.8, 4) is 0 Å². The smallest absolute Gasteiger partial charge is 0.257 e. The van der Waals surface area contributed by atoms with Crippen molar-refractivity contribution >= 4 is 34.7 Å². The van der Waals surface area contributed by atoms with Crippen LogP contribution in [0.3, 0.4) is 0 Å². The maximum atomic E-state index is 13.2. The third-order valence-electron chi connectivity index (χ3n) is 3.59. The summed E-state index contributed by atoms with van der Waals surface area (Å²) < 4.78 is 13.2. The number of nitrogens with one attached hydrogen (secondary N) is 3. The van der Waals surface area contributed by atoms with Gasteiger partial charge in [0.15, 0.2) is 0 Å². The minimum atomic E-state index is -0.347. The number of nitrogens with zero attached hydrogens (tertiary/aromatic N) is 1. The average Bonchev–Trinajstić information content (AvgIpc) is 2.63. The number of hydrogen-bond acceptors (Lipinski definition) is 4. The summed E-state index contributed by atoms with van der Waals surface area (Å²) in [6.07, 6.45) is 1.43. The maximum Gasteiger partial charge on any atom is 0.257 e. The Bertz CT molecular complexity index is 956. The lowest BCUT2D eigenvalue weighted by molar-refractivity contribution is -0.114. The molecule has 3 N–H and O–H groups in total. The standard InChI is InChI=1S/C20H17FN4O2/c1-13(26)23-16-6-8-17(9-7-16)25-20(27)14-5-10-19(22-12-14)24-18-4-2-3-15(21)11-18/h2-12H,1H3,(H,22,24)(H,23,26)(H,25,27). The number of carbonyl (C=O) groups is 2. The molecule has 27 heavy (non-hydrogen) atoms. The molecule has 2 aromatic carbocycles. The van der Waals surface area contributed by atoms with E-state index >= 15 is 0 Å². The molecule has 0 aliphatic heterocycles. The largest absolute Gasteiger partial charge is 0.340 e. The first-order valence-electron chi connectivity index (χ1n) is 8.17. The van der Waals surface area contributed by atoms with Crippen LogP contribution >= 0.6 is 0 Å². The van der Waals surface area contributed by atoms with Gasteiger partial charge in [-0.2, -0.15) is 0 Å². The number of halogens is 1. The van der Waals surface area contributed by atoms with Crippen molar-refractivity contribution < 1.29 is 14.0 Å². The summed E-state index contributed by atoms with van der Waals surface area (Å²) in [6, 6.07) is 16.1. The summed E-state index contributed by atoms with van der Waals surface area (Å²) in [7, 11) is 0. The molecule has 6 nitrogen and oxygen atoms in total. The Morgan fingerprint density at radius 1 is 0.889 bits per heavy atom. The first-order valence-corrected chi connectivity index (χ1v) is 8.17. The lowest BCUT2D eigenvalue weighted by Gasteiger charge is -2.08. The molecule has 0 atom stereocenters. The molecule has 0 unspecified atom stereocenters. The summed E-state index contributed by atoms with van der Waals surface area (Å²) in [5, 5.41) is 8.37. The monoisotopic (exact) mass is 364 g/mol. The second-order valence-electron chi connectivity index (χ2n) is 5.78. The third-order valence-corrected chi connectivity index (χ3v) is 3.59. The minimum absolute atomic E-state index is 0.162. The summed E-state index contributed by atoms with van der Waals surface area (Å²) in [5.74, 6) is -0.325. The van der Waals surface area contributed by atoms with Gasteiger partial charge < -0.3 is 16.0 Å². The van der Waals surface area contributed by atoms with Crippen LogP contribution in [-0.2, 0) is 4.79 Å².